The molecule has 5 N–H and O–H groups in total. The van der Waals surface area contributed by atoms with Crippen LogP contribution in [0, 0.1) is 11.8 Å². The Morgan fingerprint density at radius 3 is 2.32 bits per heavy atom. The largest absolute Gasteiger partial charge is 0.394 e. The SMILES string of the molecule is CC.CC(C)C(C)C(=O)N1CC(O)CC1C(=O)NC(CO)c1ccc(-c2ccnn2CC(C)(C)N)cc1. The Morgan fingerprint density at radius 2 is 1.78 bits per heavy atom. The van der Waals surface area contributed by atoms with Crippen LogP contribution in [0.5, 0.6) is 0 Å². The molecule has 0 saturated carbocycles. The molecule has 0 aliphatic carbocycles. The molecule has 37 heavy (non-hydrogen) atoms. The molecule has 0 bridgehead atoms. The number of nitrogens with zero attached hydrogens (tertiary/aromatic N) is 3. The van der Waals surface area contributed by atoms with Gasteiger partial charge < -0.3 is 26.2 Å². The van der Waals surface area contributed by atoms with Crippen molar-refractivity contribution in [1.29, 1.82) is 0 Å². The Balaban J connectivity index is 0.00000235. The number of aliphatic hydroxyl groups excluding tert-OH is 2. The fourth-order valence-corrected chi connectivity index (χ4v) is 4.33. The van der Waals surface area contributed by atoms with Crippen molar-refractivity contribution in [2.75, 3.05) is 13.2 Å². The summed E-state index contributed by atoms with van der Waals surface area (Å²) in [7, 11) is 0. The zero-order chi connectivity index (χ0) is 27.9. The molecule has 1 aromatic carbocycles. The summed E-state index contributed by atoms with van der Waals surface area (Å²) in [4.78, 5) is 27.5. The van der Waals surface area contributed by atoms with Gasteiger partial charge in [0.25, 0.3) is 0 Å². The van der Waals surface area contributed by atoms with Crippen molar-refractivity contribution in [3.63, 3.8) is 0 Å². The van der Waals surface area contributed by atoms with Crippen molar-refractivity contribution < 1.29 is 19.8 Å². The lowest BCUT2D eigenvalue weighted by Crippen LogP contribution is -2.49. The van der Waals surface area contributed by atoms with Gasteiger partial charge in [-0.1, -0.05) is 58.9 Å². The van der Waals surface area contributed by atoms with E-state index >= 15 is 0 Å². The van der Waals surface area contributed by atoms with Gasteiger partial charge in [0, 0.05) is 30.6 Å². The number of carbonyl (C=O) groups is 2. The summed E-state index contributed by atoms with van der Waals surface area (Å²) in [5, 5.41) is 27.4. The van der Waals surface area contributed by atoms with Crippen molar-refractivity contribution in [3.8, 4) is 11.3 Å². The third kappa shape index (κ3) is 7.87. The van der Waals surface area contributed by atoms with E-state index in [0.29, 0.717) is 6.54 Å². The van der Waals surface area contributed by atoms with Gasteiger partial charge in [-0.2, -0.15) is 5.10 Å². The fraction of sp³-hybridized carbons (Fsp3) is 0.607. The van der Waals surface area contributed by atoms with Crippen molar-refractivity contribution in [2.24, 2.45) is 17.6 Å². The average molecular weight is 516 g/mol. The van der Waals surface area contributed by atoms with Crippen LogP contribution in [0.3, 0.4) is 0 Å². The van der Waals surface area contributed by atoms with Crippen LogP contribution in [0.15, 0.2) is 36.5 Å². The first-order valence-electron chi connectivity index (χ1n) is 13.2. The summed E-state index contributed by atoms with van der Waals surface area (Å²) >= 11 is 0. The maximum atomic E-state index is 13.1. The number of β-amino-alcohol motifs (C(OH)–C–C–N with tert-alkyl or cyclic N) is 1. The summed E-state index contributed by atoms with van der Waals surface area (Å²) < 4.78 is 1.86. The van der Waals surface area contributed by atoms with Crippen LogP contribution < -0.4 is 11.1 Å². The highest BCUT2D eigenvalue weighted by Gasteiger charge is 2.41. The molecule has 9 heteroatoms. The van der Waals surface area contributed by atoms with Gasteiger partial charge in [-0.3, -0.25) is 14.3 Å². The normalized spacial score (nSPS) is 19.3. The molecule has 1 fully saturated rings. The maximum Gasteiger partial charge on any atom is 0.243 e. The van der Waals surface area contributed by atoms with Crippen LogP contribution in [-0.4, -0.2) is 67.5 Å². The Kier molecular flexibility index (Phi) is 10.8. The summed E-state index contributed by atoms with van der Waals surface area (Å²) in [5.41, 5.74) is 8.34. The van der Waals surface area contributed by atoms with E-state index in [0.717, 1.165) is 16.8 Å². The number of benzene rings is 1. The van der Waals surface area contributed by atoms with Crippen LogP contribution >= 0.6 is 0 Å². The van der Waals surface area contributed by atoms with Crippen LogP contribution in [-0.2, 0) is 16.1 Å². The number of nitrogens with two attached hydrogens (primary N) is 1. The Morgan fingerprint density at radius 1 is 1.16 bits per heavy atom. The van der Waals surface area contributed by atoms with Gasteiger partial charge in [0.15, 0.2) is 0 Å². The highest BCUT2D eigenvalue weighted by molar-refractivity contribution is 5.89. The smallest absolute Gasteiger partial charge is 0.243 e. The summed E-state index contributed by atoms with van der Waals surface area (Å²) in [6.07, 6.45) is 1.17. The van der Waals surface area contributed by atoms with Gasteiger partial charge in [-0.15, -0.1) is 0 Å². The van der Waals surface area contributed by atoms with Gasteiger partial charge in [0.1, 0.15) is 6.04 Å². The lowest BCUT2D eigenvalue weighted by molar-refractivity contribution is -0.142. The first-order chi connectivity index (χ1) is 17.4. The predicted molar refractivity (Wildman–Crippen MR) is 145 cm³/mol. The summed E-state index contributed by atoms with van der Waals surface area (Å²) in [5.74, 6) is -0.647. The zero-order valence-corrected chi connectivity index (χ0v) is 23.3. The van der Waals surface area contributed by atoms with Crippen molar-refractivity contribution >= 4 is 11.8 Å². The molecule has 2 heterocycles. The monoisotopic (exact) mass is 515 g/mol. The third-order valence-electron chi connectivity index (χ3n) is 6.64. The van der Waals surface area contributed by atoms with E-state index in [4.69, 9.17) is 5.73 Å². The molecular weight excluding hydrogens is 470 g/mol. The average Bonchev–Trinajstić information content (AvgIpc) is 3.48. The fourth-order valence-electron chi connectivity index (χ4n) is 4.33. The summed E-state index contributed by atoms with van der Waals surface area (Å²) in [6, 6.07) is 8.06. The van der Waals surface area contributed by atoms with Gasteiger partial charge in [0.05, 0.1) is 31.0 Å². The number of nitrogens with one attached hydrogen (secondary N) is 1. The maximum absolute atomic E-state index is 13.1. The molecule has 1 aliphatic heterocycles. The predicted octanol–water partition coefficient (Wildman–Crippen LogP) is 2.72. The summed E-state index contributed by atoms with van der Waals surface area (Å²) in [6.45, 7) is 14.0. The Hall–Kier alpha value is -2.75. The number of aromatic nitrogens is 2. The van der Waals surface area contributed by atoms with E-state index in [1.807, 2.05) is 83.5 Å². The first-order valence-corrected chi connectivity index (χ1v) is 13.2. The second kappa shape index (κ2) is 13.2. The number of rotatable bonds is 9. The molecule has 0 radical (unpaired) electrons. The van der Waals surface area contributed by atoms with Gasteiger partial charge in [-0.25, -0.2) is 0 Å². The zero-order valence-electron chi connectivity index (χ0n) is 23.3. The molecule has 2 aromatic rings. The second-order valence-corrected chi connectivity index (χ2v) is 10.7. The number of hydrogen-bond donors (Lipinski definition) is 4. The number of hydrogen-bond acceptors (Lipinski definition) is 6. The number of aliphatic hydroxyl groups is 2. The molecule has 2 amide bonds. The van der Waals surface area contributed by atoms with Crippen molar-refractivity contribution in [3.05, 3.63) is 42.1 Å². The minimum Gasteiger partial charge on any atom is -0.394 e. The molecule has 3 rings (SSSR count). The van der Waals surface area contributed by atoms with E-state index in [2.05, 4.69) is 10.4 Å². The van der Waals surface area contributed by atoms with Crippen LogP contribution in [0.4, 0.5) is 0 Å². The molecule has 4 unspecified atom stereocenters. The molecular formula is C28H45N5O4. The number of carbonyl (C=O) groups excluding carboxylic acids is 2. The van der Waals surface area contributed by atoms with E-state index < -0.39 is 23.7 Å². The third-order valence-corrected chi connectivity index (χ3v) is 6.64. The van der Waals surface area contributed by atoms with Gasteiger partial charge in [0.2, 0.25) is 11.8 Å². The standard InChI is InChI=1S/C26H39N5O4.C2H6/c1-16(2)17(3)25(35)30-13-20(33)12-23(30)24(34)29-21(14-32)18-6-8-19(9-7-18)22-10-11-28-31(22)15-26(4,5)27;1-2/h6-11,16-17,20-21,23,32-33H,12-15,27H2,1-5H3,(H,29,34);1-2H3. The second-order valence-electron chi connectivity index (χ2n) is 10.7. The van der Waals surface area contributed by atoms with E-state index in [1.54, 1.807) is 6.20 Å². The molecule has 206 valence electrons. The van der Waals surface area contributed by atoms with Crippen LogP contribution in [0.25, 0.3) is 11.3 Å². The number of likely N-dealkylation sites (tertiary alicyclic amines) is 1. The van der Waals surface area contributed by atoms with E-state index in [9.17, 15) is 19.8 Å². The molecule has 1 aromatic heterocycles. The number of amides is 2. The highest BCUT2D eigenvalue weighted by atomic mass is 16.3. The molecule has 1 aliphatic rings. The van der Waals surface area contributed by atoms with Crippen molar-refractivity contribution in [2.45, 2.75) is 85.2 Å². The van der Waals surface area contributed by atoms with Crippen molar-refractivity contribution in [1.82, 2.24) is 20.0 Å². The van der Waals surface area contributed by atoms with Gasteiger partial charge in [-0.05, 0) is 37.0 Å². The molecule has 0 spiro atoms. The molecule has 9 nitrogen and oxygen atoms in total. The van der Waals surface area contributed by atoms with Crippen LogP contribution in [0.2, 0.25) is 0 Å². The molecule has 4 atom stereocenters. The lowest BCUT2D eigenvalue weighted by Gasteiger charge is -2.29. The topological polar surface area (TPSA) is 134 Å². The van der Waals surface area contributed by atoms with Gasteiger partial charge >= 0.3 is 0 Å². The Bertz CT molecular complexity index is 1010. The quantitative estimate of drug-likeness (QED) is 0.406. The minimum absolute atomic E-state index is 0.125. The van der Waals surface area contributed by atoms with Crippen LogP contribution in [0.1, 0.15) is 66.5 Å². The Labute approximate surface area is 221 Å². The highest BCUT2D eigenvalue weighted by Crippen LogP contribution is 2.26. The molecule has 1 saturated heterocycles. The lowest BCUT2D eigenvalue weighted by atomic mass is 9.96. The van der Waals surface area contributed by atoms with E-state index in [-0.39, 0.29) is 43.2 Å². The van der Waals surface area contributed by atoms with E-state index in [1.165, 1.54) is 4.90 Å². The first kappa shape index (κ1) is 30.5. The minimum atomic E-state index is -0.763.